The minimum atomic E-state index is -3.34. The standard InChI is InChI=1S/C21H23N3O3S/c1-28(26,27)20-5-2-4-19(14-20)21(25)24-11-3-10-23(12-13-24)16-18-8-6-17(15-22)7-9-18/h2,4-9,14H,3,10-13,16H2,1H3. The molecule has 0 bridgehead atoms. The van der Waals surface area contributed by atoms with Crippen LogP contribution in [0.15, 0.2) is 53.4 Å². The number of benzene rings is 2. The predicted molar refractivity (Wildman–Crippen MR) is 107 cm³/mol. The molecule has 1 saturated heterocycles. The van der Waals surface area contributed by atoms with E-state index >= 15 is 0 Å². The lowest BCUT2D eigenvalue weighted by atomic mass is 10.1. The maximum Gasteiger partial charge on any atom is 0.253 e. The van der Waals surface area contributed by atoms with E-state index in [2.05, 4.69) is 11.0 Å². The van der Waals surface area contributed by atoms with E-state index < -0.39 is 9.84 Å². The first-order valence-electron chi connectivity index (χ1n) is 9.17. The molecule has 1 aliphatic heterocycles. The zero-order chi connectivity index (χ0) is 20.1. The molecule has 0 aliphatic carbocycles. The van der Waals surface area contributed by atoms with Gasteiger partial charge >= 0.3 is 0 Å². The largest absolute Gasteiger partial charge is 0.337 e. The molecule has 0 N–H and O–H groups in total. The molecule has 3 rings (SSSR count). The Kier molecular flexibility index (Phi) is 6.12. The molecule has 6 nitrogen and oxygen atoms in total. The molecule has 0 unspecified atom stereocenters. The predicted octanol–water partition coefficient (Wildman–Crippen LogP) is 2.31. The van der Waals surface area contributed by atoms with Gasteiger partial charge in [0.25, 0.3) is 5.91 Å². The van der Waals surface area contributed by atoms with Crippen LogP contribution in [0.4, 0.5) is 0 Å². The lowest BCUT2D eigenvalue weighted by Crippen LogP contribution is -2.35. The Hall–Kier alpha value is -2.69. The SMILES string of the molecule is CS(=O)(=O)c1cccc(C(=O)N2CCCN(Cc3ccc(C#N)cc3)CC2)c1. The molecular formula is C21H23N3O3S. The molecule has 1 aliphatic rings. The third-order valence-corrected chi connectivity index (χ3v) is 5.98. The summed E-state index contributed by atoms with van der Waals surface area (Å²) in [6.45, 7) is 3.64. The van der Waals surface area contributed by atoms with E-state index in [1.807, 2.05) is 24.3 Å². The van der Waals surface area contributed by atoms with Crippen LogP contribution in [-0.2, 0) is 16.4 Å². The highest BCUT2D eigenvalue weighted by Crippen LogP contribution is 2.16. The third kappa shape index (κ3) is 4.97. The zero-order valence-corrected chi connectivity index (χ0v) is 16.7. The van der Waals surface area contributed by atoms with E-state index in [4.69, 9.17) is 5.26 Å². The van der Waals surface area contributed by atoms with Crippen LogP contribution in [0.25, 0.3) is 0 Å². The van der Waals surface area contributed by atoms with Crippen LogP contribution in [-0.4, -0.2) is 56.6 Å². The summed E-state index contributed by atoms with van der Waals surface area (Å²) in [5.74, 6) is -0.134. The van der Waals surface area contributed by atoms with Gasteiger partial charge in [-0.2, -0.15) is 5.26 Å². The summed E-state index contributed by atoms with van der Waals surface area (Å²) in [6.07, 6.45) is 2.00. The minimum Gasteiger partial charge on any atom is -0.337 e. The number of rotatable bonds is 4. The first kappa shape index (κ1) is 20.1. The lowest BCUT2D eigenvalue weighted by molar-refractivity contribution is 0.0761. The van der Waals surface area contributed by atoms with Gasteiger partial charge in [-0.1, -0.05) is 18.2 Å². The number of hydrogen-bond donors (Lipinski definition) is 0. The number of carbonyl (C=O) groups excluding carboxylic acids is 1. The van der Waals surface area contributed by atoms with Crippen LogP contribution in [0.3, 0.4) is 0 Å². The van der Waals surface area contributed by atoms with Crippen LogP contribution in [0.2, 0.25) is 0 Å². The fourth-order valence-electron chi connectivity index (χ4n) is 3.32. The van der Waals surface area contributed by atoms with Gasteiger partial charge < -0.3 is 4.90 Å². The fourth-order valence-corrected chi connectivity index (χ4v) is 3.98. The van der Waals surface area contributed by atoms with Gasteiger partial charge in [0.15, 0.2) is 9.84 Å². The van der Waals surface area contributed by atoms with Gasteiger partial charge in [-0.05, 0) is 42.3 Å². The molecule has 2 aromatic rings. The molecule has 146 valence electrons. The van der Waals surface area contributed by atoms with Gasteiger partial charge in [0.05, 0.1) is 16.5 Å². The quantitative estimate of drug-likeness (QED) is 0.791. The van der Waals surface area contributed by atoms with Crippen LogP contribution >= 0.6 is 0 Å². The number of amides is 1. The van der Waals surface area contributed by atoms with Gasteiger partial charge in [0.2, 0.25) is 0 Å². The van der Waals surface area contributed by atoms with E-state index in [9.17, 15) is 13.2 Å². The maximum absolute atomic E-state index is 12.8. The Balaban J connectivity index is 1.64. The Morgan fingerprint density at radius 3 is 2.50 bits per heavy atom. The van der Waals surface area contributed by atoms with E-state index in [0.29, 0.717) is 24.2 Å². The van der Waals surface area contributed by atoms with E-state index in [0.717, 1.165) is 37.9 Å². The first-order valence-corrected chi connectivity index (χ1v) is 11.1. The second kappa shape index (κ2) is 8.55. The molecule has 7 heteroatoms. The van der Waals surface area contributed by atoms with Crippen molar-refractivity contribution in [1.29, 1.82) is 5.26 Å². The number of nitriles is 1. The van der Waals surface area contributed by atoms with E-state index in [1.165, 1.54) is 12.1 Å². The van der Waals surface area contributed by atoms with Gasteiger partial charge in [0, 0.05) is 44.5 Å². The van der Waals surface area contributed by atoms with Crippen molar-refractivity contribution < 1.29 is 13.2 Å². The summed E-state index contributed by atoms with van der Waals surface area (Å²) in [5, 5.41) is 8.89. The second-order valence-electron chi connectivity index (χ2n) is 7.03. The van der Waals surface area contributed by atoms with Crippen LogP contribution in [0.1, 0.15) is 27.9 Å². The van der Waals surface area contributed by atoms with Crippen molar-refractivity contribution in [2.24, 2.45) is 0 Å². The number of hydrogen-bond acceptors (Lipinski definition) is 5. The highest BCUT2D eigenvalue weighted by molar-refractivity contribution is 7.90. The van der Waals surface area contributed by atoms with Crippen molar-refractivity contribution in [1.82, 2.24) is 9.80 Å². The monoisotopic (exact) mass is 397 g/mol. The molecular weight excluding hydrogens is 374 g/mol. The highest BCUT2D eigenvalue weighted by Gasteiger charge is 2.21. The Bertz CT molecular complexity index is 994. The summed E-state index contributed by atoms with van der Waals surface area (Å²) < 4.78 is 23.5. The molecule has 0 radical (unpaired) electrons. The zero-order valence-electron chi connectivity index (χ0n) is 15.8. The number of sulfone groups is 1. The van der Waals surface area contributed by atoms with Crippen LogP contribution in [0, 0.1) is 11.3 Å². The molecule has 0 atom stereocenters. The first-order chi connectivity index (χ1) is 13.4. The normalized spacial score (nSPS) is 15.6. The van der Waals surface area contributed by atoms with Crippen molar-refractivity contribution in [3.63, 3.8) is 0 Å². The average Bonchev–Trinajstić information content (AvgIpc) is 2.93. The summed E-state index contributed by atoms with van der Waals surface area (Å²) in [7, 11) is -3.34. The summed E-state index contributed by atoms with van der Waals surface area (Å²) in [5.41, 5.74) is 2.19. The van der Waals surface area contributed by atoms with Crippen LogP contribution < -0.4 is 0 Å². The van der Waals surface area contributed by atoms with Crippen molar-refractivity contribution in [2.75, 3.05) is 32.4 Å². The van der Waals surface area contributed by atoms with E-state index in [1.54, 1.807) is 17.0 Å². The fraction of sp³-hybridized carbons (Fsp3) is 0.333. The molecule has 28 heavy (non-hydrogen) atoms. The van der Waals surface area contributed by atoms with Gasteiger partial charge in [-0.15, -0.1) is 0 Å². The maximum atomic E-state index is 12.8. The average molecular weight is 398 g/mol. The Morgan fingerprint density at radius 1 is 1.07 bits per heavy atom. The minimum absolute atomic E-state index is 0.134. The van der Waals surface area contributed by atoms with Crippen LogP contribution in [0.5, 0.6) is 0 Å². The molecule has 1 heterocycles. The summed E-state index contributed by atoms with van der Waals surface area (Å²) in [6, 6.07) is 15.9. The van der Waals surface area contributed by atoms with E-state index in [-0.39, 0.29) is 10.8 Å². The molecule has 0 saturated carbocycles. The number of carbonyl (C=O) groups is 1. The van der Waals surface area contributed by atoms with Crippen molar-refractivity contribution in [3.8, 4) is 6.07 Å². The molecule has 2 aromatic carbocycles. The summed E-state index contributed by atoms with van der Waals surface area (Å²) >= 11 is 0. The van der Waals surface area contributed by atoms with Crippen molar-refractivity contribution in [3.05, 3.63) is 65.2 Å². The lowest BCUT2D eigenvalue weighted by Gasteiger charge is -2.22. The Labute approximate surface area is 165 Å². The molecule has 0 spiro atoms. The van der Waals surface area contributed by atoms with Crippen molar-refractivity contribution >= 4 is 15.7 Å². The molecule has 1 amide bonds. The third-order valence-electron chi connectivity index (χ3n) is 4.87. The van der Waals surface area contributed by atoms with Crippen molar-refractivity contribution in [2.45, 2.75) is 17.9 Å². The highest BCUT2D eigenvalue weighted by atomic mass is 32.2. The molecule has 1 fully saturated rings. The topological polar surface area (TPSA) is 81.5 Å². The molecule has 0 aromatic heterocycles. The smallest absolute Gasteiger partial charge is 0.253 e. The van der Waals surface area contributed by atoms with Gasteiger partial charge in [-0.3, -0.25) is 9.69 Å². The second-order valence-corrected chi connectivity index (χ2v) is 9.05. The number of nitrogens with zero attached hydrogens (tertiary/aromatic N) is 3. The summed E-state index contributed by atoms with van der Waals surface area (Å²) in [4.78, 5) is 17.1. The van der Waals surface area contributed by atoms with Gasteiger partial charge in [0.1, 0.15) is 0 Å². The van der Waals surface area contributed by atoms with Gasteiger partial charge in [-0.25, -0.2) is 8.42 Å². The Morgan fingerprint density at radius 2 is 1.82 bits per heavy atom.